The van der Waals surface area contributed by atoms with Gasteiger partial charge in [0.1, 0.15) is 12.4 Å². The molecule has 1 aromatic rings. The Labute approximate surface area is 174 Å². The summed E-state index contributed by atoms with van der Waals surface area (Å²) in [7, 11) is 0. The van der Waals surface area contributed by atoms with Gasteiger partial charge in [-0.15, -0.1) is 0 Å². The summed E-state index contributed by atoms with van der Waals surface area (Å²) in [4.78, 5) is 28.6. The van der Waals surface area contributed by atoms with E-state index >= 15 is 0 Å². The standard InChI is InChI=1S/C23H34N2O4/c1-3-28-17-22(26)25-12-4-5-19(15-25)16-29-21-8-6-20(7-9-21)23(27)24-13-10-18(2)11-14-24/h6-9,18-19H,3-5,10-17H2,1-2H3/t19-/m0/s1. The Balaban J connectivity index is 1.46. The summed E-state index contributed by atoms with van der Waals surface area (Å²) >= 11 is 0. The van der Waals surface area contributed by atoms with Gasteiger partial charge in [-0.05, 0) is 62.8 Å². The number of nitrogens with zero attached hydrogens (tertiary/aromatic N) is 2. The van der Waals surface area contributed by atoms with Crippen molar-refractivity contribution in [1.29, 1.82) is 0 Å². The molecule has 2 amide bonds. The van der Waals surface area contributed by atoms with E-state index in [0.717, 1.165) is 63.2 Å². The monoisotopic (exact) mass is 402 g/mol. The van der Waals surface area contributed by atoms with Gasteiger partial charge in [0.2, 0.25) is 5.91 Å². The van der Waals surface area contributed by atoms with Crippen molar-refractivity contribution in [3.05, 3.63) is 29.8 Å². The number of hydrogen-bond acceptors (Lipinski definition) is 4. The number of rotatable bonds is 7. The van der Waals surface area contributed by atoms with Crippen LogP contribution in [0, 0.1) is 11.8 Å². The molecule has 6 heteroatoms. The van der Waals surface area contributed by atoms with Crippen LogP contribution in [0.1, 0.15) is 49.9 Å². The lowest BCUT2D eigenvalue weighted by molar-refractivity contribution is -0.138. The van der Waals surface area contributed by atoms with Crippen molar-refractivity contribution in [2.75, 3.05) is 46.0 Å². The molecule has 0 radical (unpaired) electrons. The molecule has 29 heavy (non-hydrogen) atoms. The zero-order valence-electron chi connectivity index (χ0n) is 17.8. The van der Waals surface area contributed by atoms with Crippen molar-refractivity contribution >= 4 is 11.8 Å². The average molecular weight is 403 g/mol. The number of carbonyl (C=O) groups is 2. The summed E-state index contributed by atoms with van der Waals surface area (Å²) in [5.74, 6) is 1.98. The number of benzene rings is 1. The molecular formula is C23H34N2O4. The number of ether oxygens (including phenoxy) is 2. The van der Waals surface area contributed by atoms with E-state index in [2.05, 4.69) is 6.92 Å². The molecule has 1 aromatic carbocycles. The van der Waals surface area contributed by atoms with Crippen molar-refractivity contribution in [3.63, 3.8) is 0 Å². The zero-order valence-corrected chi connectivity index (χ0v) is 17.8. The topological polar surface area (TPSA) is 59.1 Å². The molecule has 0 spiro atoms. The lowest BCUT2D eigenvalue weighted by Crippen LogP contribution is -2.43. The molecule has 160 valence electrons. The smallest absolute Gasteiger partial charge is 0.253 e. The highest BCUT2D eigenvalue weighted by Gasteiger charge is 2.24. The van der Waals surface area contributed by atoms with E-state index in [-0.39, 0.29) is 18.4 Å². The van der Waals surface area contributed by atoms with Crippen LogP contribution >= 0.6 is 0 Å². The van der Waals surface area contributed by atoms with Crippen molar-refractivity contribution in [3.8, 4) is 5.75 Å². The van der Waals surface area contributed by atoms with Crippen LogP contribution in [0.5, 0.6) is 5.75 Å². The van der Waals surface area contributed by atoms with Crippen LogP contribution in [0.4, 0.5) is 0 Å². The number of piperidine rings is 2. The first-order valence-corrected chi connectivity index (χ1v) is 10.9. The van der Waals surface area contributed by atoms with E-state index in [1.807, 2.05) is 41.0 Å². The highest BCUT2D eigenvalue weighted by molar-refractivity contribution is 5.94. The van der Waals surface area contributed by atoms with Gasteiger partial charge in [0, 0.05) is 44.3 Å². The number of hydrogen-bond donors (Lipinski definition) is 0. The van der Waals surface area contributed by atoms with Gasteiger partial charge < -0.3 is 19.3 Å². The van der Waals surface area contributed by atoms with Crippen molar-refractivity contribution in [1.82, 2.24) is 9.80 Å². The summed E-state index contributed by atoms with van der Waals surface area (Å²) in [5.41, 5.74) is 0.720. The van der Waals surface area contributed by atoms with Gasteiger partial charge in [0.25, 0.3) is 5.91 Å². The molecule has 0 N–H and O–H groups in total. The highest BCUT2D eigenvalue weighted by Crippen LogP contribution is 2.21. The normalized spacial score (nSPS) is 20.6. The van der Waals surface area contributed by atoms with E-state index in [1.165, 1.54) is 0 Å². The molecule has 2 aliphatic rings. The Morgan fingerprint density at radius 3 is 2.45 bits per heavy atom. The second-order valence-corrected chi connectivity index (χ2v) is 8.30. The van der Waals surface area contributed by atoms with Crippen LogP contribution in [-0.4, -0.2) is 67.6 Å². The molecule has 0 aromatic heterocycles. The van der Waals surface area contributed by atoms with E-state index in [1.54, 1.807) is 0 Å². The largest absolute Gasteiger partial charge is 0.493 e. The number of carbonyl (C=O) groups excluding carboxylic acids is 2. The molecule has 1 atom stereocenters. The molecule has 0 aliphatic carbocycles. The van der Waals surface area contributed by atoms with Crippen LogP contribution in [-0.2, 0) is 9.53 Å². The zero-order chi connectivity index (χ0) is 20.6. The first-order chi connectivity index (χ1) is 14.1. The summed E-state index contributed by atoms with van der Waals surface area (Å²) in [6, 6.07) is 7.46. The maximum absolute atomic E-state index is 12.6. The first kappa shape index (κ1) is 21.6. The third-order valence-corrected chi connectivity index (χ3v) is 5.96. The van der Waals surface area contributed by atoms with Crippen molar-refractivity contribution in [2.45, 2.75) is 39.5 Å². The van der Waals surface area contributed by atoms with E-state index < -0.39 is 0 Å². The summed E-state index contributed by atoms with van der Waals surface area (Å²) in [6.45, 7) is 8.65. The number of amides is 2. The third-order valence-electron chi connectivity index (χ3n) is 5.96. The fourth-order valence-corrected chi connectivity index (χ4v) is 4.01. The number of likely N-dealkylation sites (tertiary alicyclic amines) is 2. The van der Waals surface area contributed by atoms with Crippen LogP contribution in [0.3, 0.4) is 0 Å². The van der Waals surface area contributed by atoms with Crippen molar-refractivity contribution < 1.29 is 19.1 Å². The van der Waals surface area contributed by atoms with Crippen LogP contribution < -0.4 is 4.74 Å². The van der Waals surface area contributed by atoms with Gasteiger partial charge in [0.05, 0.1) is 6.61 Å². The minimum Gasteiger partial charge on any atom is -0.493 e. The third kappa shape index (κ3) is 6.20. The molecule has 0 saturated carbocycles. The lowest BCUT2D eigenvalue weighted by Gasteiger charge is -2.32. The van der Waals surface area contributed by atoms with Crippen LogP contribution in [0.25, 0.3) is 0 Å². The Morgan fingerprint density at radius 1 is 1.03 bits per heavy atom. The Morgan fingerprint density at radius 2 is 1.76 bits per heavy atom. The molecule has 2 fully saturated rings. The van der Waals surface area contributed by atoms with Crippen LogP contribution in [0.15, 0.2) is 24.3 Å². The Kier molecular flexibility index (Phi) is 7.92. The van der Waals surface area contributed by atoms with Gasteiger partial charge in [-0.2, -0.15) is 0 Å². The van der Waals surface area contributed by atoms with E-state index in [4.69, 9.17) is 9.47 Å². The minimum atomic E-state index is 0.0616. The Hall–Kier alpha value is -2.08. The quantitative estimate of drug-likeness (QED) is 0.703. The minimum absolute atomic E-state index is 0.0616. The summed E-state index contributed by atoms with van der Waals surface area (Å²) < 4.78 is 11.2. The van der Waals surface area contributed by atoms with Gasteiger partial charge >= 0.3 is 0 Å². The molecular weight excluding hydrogens is 368 g/mol. The van der Waals surface area contributed by atoms with Crippen LogP contribution in [0.2, 0.25) is 0 Å². The Bertz CT molecular complexity index is 668. The first-order valence-electron chi connectivity index (χ1n) is 10.9. The van der Waals surface area contributed by atoms with E-state index in [0.29, 0.717) is 25.0 Å². The SMILES string of the molecule is CCOCC(=O)N1CCC[C@H](COc2ccc(C(=O)N3CCC(C)CC3)cc2)C1. The van der Waals surface area contributed by atoms with Gasteiger partial charge in [-0.25, -0.2) is 0 Å². The predicted octanol–water partition coefficient (Wildman–Crippen LogP) is 3.21. The fourth-order valence-electron chi connectivity index (χ4n) is 4.01. The molecule has 6 nitrogen and oxygen atoms in total. The fraction of sp³-hybridized carbons (Fsp3) is 0.652. The molecule has 3 rings (SSSR count). The average Bonchev–Trinajstić information content (AvgIpc) is 2.76. The summed E-state index contributed by atoms with van der Waals surface area (Å²) in [5, 5.41) is 0. The molecule has 0 unspecified atom stereocenters. The van der Waals surface area contributed by atoms with Gasteiger partial charge in [-0.1, -0.05) is 6.92 Å². The summed E-state index contributed by atoms with van der Waals surface area (Å²) in [6.07, 6.45) is 4.22. The lowest BCUT2D eigenvalue weighted by atomic mass is 9.98. The second-order valence-electron chi connectivity index (χ2n) is 8.30. The maximum atomic E-state index is 12.6. The molecule has 2 heterocycles. The molecule has 0 bridgehead atoms. The molecule has 2 saturated heterocycles. The van der Waals surface area contributed by atoms with Gasteiger partial charge in [0.15, 0.2) is 0 Å². The molecule has 2 aliphatic heterocycles. The van der Waals surface area contributed by atoms with Crippen molar-refractivity contribution in [2.24, 2.45) is 11.8 Å². The van der Waals surface area contributed by atoms with E-state index in [9.17, 15) is 9.59 Å². The highest BCUT2D eigenvalue weighted by atomic mass is 16.5. The van der Waals surface area contributed by atoms with Gasteiger partial charge in [-0.3, -0.25) is 9.59 Å². The predicted molar refractivity (Wildman–Crippen MR) is 112 cm³/mol. The maximum Gasteiger partial charge on any atom is 0.253 e. The second kappa shape index (κ2) is 10.6.